The molecule has 1 N–H and O–H groups in total. The summed E-state index contributed by atoms with van der Waals surface area (Å²) >= 11 is 0. The largest absolute Gasteiger partial charge is 0.432 e. The second kappa shape index (κ2) is 6.76. The molecule has 1 aromatic heterocycles. The first kappa shape index (κ1) is 14.1. The molecule has 1 aromatic carbocycles. The van der Waals surface area contributed by atoms with E-state index in [1.807, 2.05) is 7.05 Å². The molecule has 0 amide bonds. The number of anilines is 1. The fourth-order valence-corrected chi connectivity index (χ4v) is 2.98. The summed E-state index contributed by atoms with van der Waals surface area (Å²) in [5.41, 5.74) is 2.42. The number of piperidine rings is 1. The fourth-order valence-electron chi connectivity index (χ4n) is 2.98. The molecule has 3 rings (SSSR count). The molecule has 1 aliphatic heterocycles. The Morgan fingerprint density at radius 3 is 2.71 bits per heavy atom. The zero-order chi connectivity index (χ0) is 14.5. The predicted octanol–water partition coefficient (Wildman–Crippen LogP) is 2.85. The summed E-state index contributed by atoms with van der Waals surface area (Å²) in [6, 6.07) is 11.6. The molecule has 2 aromatic rings. The number of aromatic nitrogens is 1. The van der Waals surface area contributed by atoms with Crippen molar-refractivity contribution < 1.29 is 4.42 Å². The van der Waals surface area contributed by atoms with Gasteiger partial charge >= 0.3 is 0 Å². The highest BCUT2D eigenvalue weighted by Crippen LogP contribution is 2.25. The highest BCUT2D eigenvalue weighted by molar-refractivity contribution is 5.28. The van der Waals surface area contributed by atoms with Gasteiger partial charge in [0.15, 0.2) is 0 Å². The average Bonchev–Trinajstić information content (AvgIpc) is 2.98. The standard InChI is InChI=1S/C17H23N3O/c1-18-12-16-13-21-17(19-16)20-9-7-15(8-10-20)11-14-5-3-2-4-6-14/h2-6,13,15,18H,7-12H2,1H3. The number of rotatable bonds is 5. The summed E-state index contributed by atoms with van der Waals surface area (Å²) in [7, 11) is 1.92. The zero-order valence-electron chi connectivity index (χ0n) is 12.6. The van der Waals surface area contributed by atoms with E-state index in [9.17, 15) is 0 Å². The molecule has 21 heavy (non-hydrogen) atoms. The van der Waals surface area contributed by atoms with Crippen LogP contribution in [0, 0.1) is 5.92 Å². The molecule has 0 unspecified atom stereocenters. The second-order valence-corrected chi connectivity index (χ2v) is 5.77. The molecule has 1 aliphatic rings. The summed E-state index contributed by atoms with van der Waals surface area (Å²) in [5, 5.41) is 3.09. The van der Waals surface area contributed by atoms with Crippen LogP contribution in [-0.2, 0) is 13.0 Å². The Kier molecular flexibility index (Phi) is 4.55. The molecule has 0 spiro atoms. The van der Waals surface area contributed by atoms with Gasteiger partial charge in [-0.05, 0) is 37.8 Å². The lowest BCUT2D eigenvalue weighted by molar-refractivity contribution is 0.385. The van der Waals surface area contributed by atoms with Crippen molar-refractivity contribution >= 4 is 6.01 Å². The molecular weight excluding hydrogens is 262 g/mol. The van der Waals surface area contributed by atoms with E-state index < -0.39 is 0 Å². The Bertz CT molecular complexity index is 544. The number of hydrogen-bond donors (Lipinski definition) is 1. The summed E-state index contributed by atoms with van der Waals surface area (Å²) in [5.74, 6) is 0.774. The third-order valence-corrected chi connectivity index (χ3v) is 4.15. The SMILES string of the molecule is CNCc1coc(N2CCC(Cc3ccccc3)CC2)n1. The van der Waals surface area contributed by atoms with Crippen LogP contribution in [0.1, 0.15) is 24.1 Å². The van der Waals surface area contributed by atoms with Crippen molar-refractivity contribution in [2.75, 3.05) is 25.0 Å². The first-order chi connectivity index (χ1) is 10.3. The van der Waals surface area contributed by atoms with Gasteiger partial charge in [-0.2, -0.15) is 4.98 Å². The van der Waals surface area contributed by atoms with Crippen LogP contribution >= 0.6 is 0 Å². The minimum absolute atomic E-state index is 0.758. The Hall–Kier alpha value is -1.81. The molecule has 0 atom stereocenters. The Labute approximate surface area is 126 Å². The number of benzene rings is 1. The molecule has 4 heteroatoms. The molecule has 2 heterocycles. The molecule has 4 nitrogen and oxygen atoms in total. The van der Waals surface area contributed by atoms with Gasteiger partial charge in [0.05, 0.1) is 5.69 Å². The van der Waals surface area contributed by atoms with Crippen LogP contribution in [0.2, 0.25) is 0 Å². The lowest BCUT2D eigenvalue weighted by Crippen LogP contribution is -2.34. The summed E-state index contributed by atoms with van der Waals surface area (Å²) in [4.78, 5) is 6.79. The summed E-state index contributed by atoms with van der Waals surface area (Å²) < 4.78 is 5.59. The van der Waals surface area contributed by atoms with Crippen LogP contribution in [-0.4, -0.2) is 25.1 Å². The van der Waals surface area contributed by atoms with Gasteiger partial charge < -0.3 is 14.6 Å². The average molecular weight is 285 g/mol. The van der Waals surface area contributed by atoms with Gasteiger partial charge in [0, 0.05) is 19.6 Å². The number of oxazole rings is 1. The second-order valence-electron chi connectivity index (χ2n) is 5.77. The normalized spacial score (nSPS) is 16.3. The first-order valence-corrected chi connectivity index (χ1v) is 7.73. The Balaban J connectivity index is 1.52. The van der Waals surface area contributed by atoms with E-state index in [2.05, 4.69) is 45.5 Å². The van der Waals surface area contributed by atoms with E-state index in [1.54, 1.807) is 6.26 Å². The van der Waals surface area contributed by atoms with Gasteiger partial charge in [0.25, 0.3) is 6.01 Å². The fraction of sp³-hybridized carbons (Fsp3) is 0.471. The maximum atomic E-state index is 5.59. The highest BCUT2D eigenvalue weighted by Gasteiger charge is 2.22. The maximum Gasteiger partial charge on any atom is 0.297 e. The molecule has 0 saturated carbocycles. The van der Waals surface area contributed by atoms with Crippen LogP contribution in [0.25, 0.3) is 0 Å². The van der Waals surface area contributed by atoms with E-state index in [1.165, 1.54) is 24.8 Å². The number of nitrogens with zero attached hydrogens (tertiary/aromatic N) is 2. The molecule has 0 bridgehead atoms. The number of nitrogens with one attached hydrogen (secondary N) is 1. The van der Waals surface area contributed by atoms with Crippen molar-refractivity contribution in [3.63, 3.8) is 0 Å². The molecule has 1 fully saturated rings. The van der Waals surface area contributed by atoms with Crippen LogP contribution in [0.4, 0.5) is 6.01 Å². The van der Waals surface area contributed by atoms with E-state index in [0.29, 0.717) is 0 Å². The monoisotopic (exact) mass is 285 g/mol. The van der Waals surface area contributed by atoms with Crippen molar-refractivity contribution in [3.05, 3.63) is 47.9 Å². The van der Waals surface area contributed by atoms with Crippen LogP contribution in [0.5, 0.6) is 0 Å². The Morgan fingerprint density at radius 2 is 2.00 bits per heavy atom. The minimum Gasteiger partial charge on any atom is -0.432 e. The van der Waals surface area contributed by atoms with Gasteiger partial charge in [-0.25, -0.2) is 0 Å². The van der Waals surface area contributed by atoms with Crippen molar-refractivity contribution in [1.82, 2.24) is 10.3 Å². The highest BCUT2D eigenvalue weighted by atomic mass is 16.4. The lowest BCUT2D eigenvalue weighted by Gasteiger charge is -2.30. The van der Waals surface area contributed by atoms with E-state index >= 15 is 0 Å². The molecule has 112 valence electrons. The molecular formula is C17H23N3O. The summed E-state index contributed by atoms with van der Waals surface area (Å²) in [6.45, 7) is 2.84. The van der Waals surface area contributed by atoms with E-state index in [4.69, 9.17) is 4.42 Å². The van der Waals surface area contributed by atoms with Crippen molar-refractivity contribution in [2.45, 2.75) is 25.8 Å². The Morgan fingerprint density at radius 1 is 1.24 bits per heavy atom. The van der Waals surface area contributed by atoms with Gasteiger partial charge in [0.2, 0.25) is 0 Å². The third kappa shape index (κ3) is 3.64. The molecule has 0 radical (unpaired) electrons. The van der Waals surface area contributed by atoms with Crippen molar-refractivity contribution in [3.8, 4) is 0 Å². The van der Waals surface area contributed by atoms with Gasteiger partial charge in [-0.3, -0.25) is 0 Å². The van der Waals surface area contributed by atoms with Crippen LogP contribution in [0.3, 0.4) is 0 Å². The number of hydrogen-bond acceptors (Lipinski definition) is 4. The van der Waals surface area contributed by atoms with Gasteiger partial charge in [-0.1, -0.05) is 30.3 Å². The smallest absolute Gasteiger partial charge is 0.297 e. The van der Waals surface area contributed by atoms with Crippen molar-refractivity contribution in [2.24, 2.45) is 5.92 Å². The predicted molar refractivity (Wildman–Crippen MR) is 84.3 cm³/mol. The lowest BCUT2D eigenvalue weighted by atomic mass is 9.90. The summed E-state index contributed by atoms with van der Waals surface area (Å²) in [6.07, 6.45) is 5.35. The molecule has 1 saturated heterocycles. The van der Waals surface area contributed by atoms with Crippen LogP contribution in [0.15, 0.2) is 41.0 Å². The van der Waals surface area contributed by atoms with Crippen LogP contribution < -0.4 is 10.2 Å². The third-order valence-electron chi connectivity index (χ3n) is 4.15. The zero-order valence-corrected chi connectivity index (χ0v) is 12.6. The quantitative estimate of drug-likeness (QED) is 0.917. The van der Waals surface area contributed by atoms with Gasteiger partial charge in [-0.15, -0.1) is 0 Å². The van der Waals surface area contributed by atoms with E-state index in [-0.39, 0.29) is 0 Å². The maximum absolute atomic E-state index is 5.59. The minimum atomic E-state index is 0.758. The first-order valence-electron chi connectivity index (χ1n) is 7.73. The van der Waals surface area contributed by atoms with Gasteiger partial charge in [0.1, 0.15) is 6.26 Å². The topological polar surface area (TPSA) is 41.3 Å². The van der Waals surface area contributed by atoms with E-state index in [0.717, 1.165) is 37.3 Å². The van der Waals surface area contributed by atoms with Crippen molar-refractivity contribution in [1.29, 1.82) is 0 Å². The molecule has 0 aliphatic carbocycles.